The molecule has 116 valence electrons. The third-order valence-corrected chi connectivity index (χ3v) is 2.90. The minimum absolute atomic E-state index is 0.308. The Morgan fingerprint density at radius 1 is 1.33 bits per heavy atom. The van der Waals surface area contributed by atoms with Gasteiger partial charge in [-0.05, 0) is 26.3 Å². The van der Waals surface area contributed by atoms with Gasteiger partial charge in [0, 0.05) is 11.3 Å². The van der Waals surface area contributed by atoms with E-state index in [1.165, 1.54) is 0 Å². The van der Waals surface area contributed by atoms with Crippen molar-refractivity contribution in [3.05, 3.63) is 46.0 Å². The molecule has 0 aromatic heterocycles. The molecule has 1 rings (SSSR count). The average Bonchev–Trinajstić information content (AvgIpc) is 2.37. The fraction of sp³-hybridized carbons (Fsp3) is 0.533. The Hall–Kier alpha value is -2.11. The molecule has 2 atom stereocenters. The second-order valence-corrected chi connectivity index (χ2v) is 5.80. The first-order valence-corrected chi connectivity index (χ1v) is 6.92. The van der Waals surface area contributed by atoms with E-state index in [4.69, 9.17) is 4.74 Å². The highest BCUT2D eigenvalue weighted by Crippen LogP contribution is 2.22. The number of carbonyl (C=O) groups is 1. The van der Waals surface area contributed by atoms with Gasteiger partial charge in [-0.1, -0.05) is 37.3 Å². The first-order valence-electron chi connectivity index (χ1n) is 6.92. The zero-order valence-electron chi connectivity index (χ0n) is 12.8. The van der Waals surface area contributed by atoms with Gasteiger partial charge in [-0.25, -0.2) is 4.79 Å². The lowest BCUT2D eigenvalue weighted by atomic mass is 9.98. The summed E-state index contributed by atoms with van der Waals surface area (Å²) in [5, 5.41) is 13.8. The summed E-state index contributed by atoms with van der Waals surface area (Å²) in [4.78, 5) is 22.8. The van der Waals surface area contributed by atoms with Crippen LogP contribution in [0.15, 0.2) is 30.3 Å². The molecule has 0 unspecified atom stereocenters. The van der Waals surface area contributed by atoms with Crippen molar-refractivity contribution in [1.29, 1.82) is 0 Å². The van der Waals surface area contributed by atoms with Gasteiger partial charge in [0.1, 0.15) is 11.6 Å². The number of nitrogens with one attached hydrogen (secondary N) is 1. The summed E-state index contributed by atoms with van der Waals surface area (Å²) in [7, 11) is 0. The van der Waals surface area contributed by atoms with Crippen molar-refractivity contribution < 1.29 is 14.5 Å². The van der Waals surface area contributed by atoms with E-state index in [0.29, 0.717) is 12.0 Å². The number of alkyl carbamates (subject to hydrolysis) is 1. The molecular weight excluding hydrogens is 272 g/mol. The van der Waals surface area contributed by atoms with Gasteiger partial charge in [0.2, 0.25) is 6.04 Å². The molecule has 0 saturated carbocycles. The van der Waals surface area contributed by atoms with E-state index in [1.807, 2.05) is 6.07 Å². The number of amides is 1. The van der Waals surface area contributed by atoms with Gasteiger partial charge < -0.3 is 10.1 Å². The minimum Gasteiger partial charge on any atom is -0.444 e. The normalized spacial score (nSPS) is 14.1. The molecule has 0 radical (unpaired) electrons. The van der Waals surface area contributed by atoms with Gasteiger partial charge in [-0.2, -0.15) is 0 Å². The maximum atomic E-state index is 11.9. The summed E-state index contributed by atoms with van der Waals surface area (Å²) in [6.45, 7) is 6.96. The highest BCUT2D eigenvalue weighted by atomic mass is 16.6. The molecule has 0 aliphatic heterocycles. The fourth-order valence-electron chi connectivity index (χ4n) is 2.00. The van der Waals surface area contributed by atoms with Crippen LogP contribution in [0.2, 0.25) is 0 Å². The van der Waals surface area contributed by atoms with Crippen molar-refractivity contribution in [2.45, 2.75) is 51.8 Å². The van der Waals surface area contributed by atoms with Gasteiger partial charge in [-0.3, -0.25) is 10.1 Å². The quantitative estimate of drug-likeness (QED) is 0.667. The van der Waals surface area contributed by atoms with E-state index in [2.05, 4.69) is 5.32 Å². The predicted molar refractivity (Wildman–Crippen MR) is 79.6 cm³/mol. The number of hydrogen-bond acceptors (Lipinski definition) is 4. The van der Waals surface area contributed by atoms with Crippen molar-refractivity contribution in [3.63, 3.8) is 0 Å². The zero-order chi connectivity index (χ0) is 16.0. The lowest BCUT2D eigenvalue weighted by Crippen LogP contribution is -2.42. The Morgan fingerprint density at radius 3 is 2.33 bits per heavy atom. The van der Waals surface area contributed by atoms with E-state index in [1.54, 1.807) is 52.0 Å². The van der Waals surface area contributed by atoms with E-state index in [-0.39, 0.29) is 4.92 Å². The maximum Gasteiger partial charge on any atom is 0.408 e. The molecule has 0 heterocycles. The van der Waals surface area contributed by atoms with Gasteiger partial charge in [0.05, 0.1) is 0 Å². The largest absolute Gasteiger partial charge is 0.444 e. The SMILES string of the molecule is CC[C@@H]([C@H](NC(=O)OC(C)(C)C)c1ccccc1)[N+](=O)[O-]. The fourth-order valence-corrected chi connectivity index (χ4v) is 2.00. The summed E-state index contributed by atoms with van der Waals surface area (Å²) in [5.41, 5.74) is 0.0358. The van der Waals surface area contributed by atoms with Crippen LogP contribution < -0.4 is 5.32 Å². The van der Waals surface area contributed by atoms with Gasteiger partial charge in [0.15, 0.2) is 0 Å². The zero-order valence-corrected chi connectivity index (χ0v) is 12.8. The van der Waals surface area contributed by atoms with Crippen LogP contribution in [0.1, 0.15) is 45.7 Å². The van der Waals surface area contributed by atoms with Crippen molar-refractivity contribution in [2.24, 2.45) is 0 Å². The lowest BCUT2D eigenvalue weighted by molar-refractivity contribution is -0.528. The number of nitrogens with zero attached hydrogens (tertiary/aromatic N) is 1. The van der Waals surface area contributed by atoms with E-state index < -0.39 is 23.8 Å². The van der Waals surface area contributed by atoms with Crippen LogP contribution in [0, 0.1) is 10.1 Å². The topological polar surface area (TPSA) is 81.5 Å². The average molecular weight is 294 g/mol. The van der Waals surface area contributed by atoms with Crippen LogP contribution in [0.4, 0.5) is 4.79 Å². The van der Waals surface area contributed by atoms with Crippen molar-refractivity contribution in [1.82, 2.24) is 5.32 Å². The number of ether oxygens (including phenoxy) is 1. The van der Waals surface area contributed by atoms with Crippen LogP contribution in [-0.4, -0.2) is 22.7 Å². The highest BCUT2D eigenvalue weighted by molar-refractivity contribution is 5.68. The molecule has 0 bridgehead atoms. The number of nitro groups is 1. The maximum absolute atomic E-state index is 11.9. The molecule has 1 aromatic carbocycles. The Morgan fingerprint density at radius 2 is 1.90 bits per heavy atom. The van der Waals surface area contributed by atoms with Crippen molar-refractivity contribution in [3.8, 4) is 0 Å². The summed E-state index contributed by atoms with van der Waals surface area (Å²) in [6.07, 6.45) is -0.348. The second kappa shape index (κ2) is 7.06. The summed E-state index contributed by atoms with van der Waals surface area (Å²) in [6, 6.07) is 7.28. The second-order valence-electron chi connectivity index (χ2n) is 5.80. The monoisotopic (exact) mass is 294 g/mol. The molecule has 0 spiro atoms. The standard InChI is InChI=1S/C15H22N2O4/c1-5-12(17(19)20)13(11-9-7-6-8-10-11)16-14(18)21-15(2,3)4/h6-10,12-13H,5H2,1-4H3,(H,16,18)/t12-,13+/m0/s1. The predicted octanol–water partition coefficient (Wildman–Crippen LogP) is 3.31. The molecule has 1 amide bonds. The lowest BCUT2D eigenvalue weighted by Gasteiger charge is -2.25. The van der Waals surface area contributed by atoms with E-state index >= 15 is 0 Å². The molecular formula is C15H22N2O4. The van der Waals surface area contributed by atoms with Gasteiger partial charge in [-0.15, -0.1) is 0 Å². The third-order valence-electron chi connectivity index (χ3n) is 2.90. The van der Waals surface area contributed by atoms with E-state index in [9.17, 15) is 14.9 Å². The third kappa shape index (κ3) is 5.41. The number of rotatable bonds is 5. The van der Waals surface area contributed by atoms with Crippen LogP contribution in [-0.2, 0) is 4.74 Å². The van der Waals surface area contributed by atoms with Crippen LogP contribution >= 0.6 is 0 Å². The number of carbonyl (C=O) groups excluding carboxylic acids is 1. The molecule has 21 heavy (non-hydrogen) atoms. The van der Waals surface area contributed by atoms with Gasteiger partial charge >= 0.3 is 6.09 Å². The molecule has 6 nitrogen and oxygen atoms in total. The first-order chi connectivity index (χ1) is 9.74. The van der Waals surface area contributed by atoms with Crippen molar-refractivity contribution in [2.75, 3.05) is 0 Å². The molecule has 0 aliphatic carbocycles. The van der Waals surface area contributed by atoms with Crippen LogP contribution in [0.3, 0.4) is 0 Å². The van der Waals surface area contributed by atoms with Crippen LogP contribution in [0.5, 0.6) is 0 Å². The summed E-state index contributed by atoms with van der Waals surface area (Å²) in [5.74, 6) is 0. The Balaban J connectivity index is 2.98. The molecule has 0 aliphatic rings. The molecule has 0 fully saturated rings. The smallest absolute Gasteiger partial charge is 0.408 e. The Bertz CT molecular complexity index is 482. The number of benzene rings is 1. The molecule has 1 N–H and O–H groups in total. The van der Waals surface area contributed by atoms with Gasteiger partial charge in [0.25, 0.3) is 0 Å². The van der Waals surface area contributed by atoms with Crippen molar-refractivity contribution >= 4 is 6.09 Å². The summed E-state index contributed by atoms with van der Waals surface area (Å²) < 4.78 is 5.19. The first kappa shape index (κ1) is 16.9. The van der Waals surface area contributed by atoms with E-state index in [0.717, 1.165) is 0 Å². The van der Waals surface area contributed by atoms with Crippen LogP contribution in [0.25, 0.3) is 0 Å². The molecule has 6 heteroatoms. The molecule has 1 aromatic rings. The molecule has 0 saturated heterocycles. The Kier molecular flexibility index (Phi) is 5.69. The number of hydrogen-bond donors (Lipinski definition) is 1. The Labute approximate surface area is 124 Å². The summed E-state index contributed by atoms with van der Waals surface area (Å²) >= 11 is 0. The minimum atomic E-state index is -0.903. The highest BCUT2D eigenvalue weighted by Gasteiger charge is 2.33.